The van der Waals surface area contributed by atoms with E-state index in [2.05, 4.69) is 28.6 Å². The van der Waals surface area contributed by atoms with Crippen LogP contribution in [0.3, 0.4) is 0 Å². The van der Waals surface area contributed by atoms with Crippen LogP contribution in [0.15, 0.2) is 24.3 Å². The number of ether oxygens (including phenoxy) is 1. The number of aromatic amines is 1. The summed E-state index contributed by atoms with van der Waals surface area (Å²) in [4.78, 5) is 3.24. The van der Waals surface area contributed by atoms with E-state index in [1.807, 2.05) is 12.1 Å². The second kappa shape index (κ2) is 3.96. The van der Waals surface area contributed by atoms with Crippen molar-refractivity contribution in [1.29, 1.82) is 0 Å². The minimum absolute atomic E-state index is 0.0663. The molecule has 2 aromatic rings. The Hall–Kier alpha value is -1.13. The monoisotopic (exact) mass is 248 g/mol. The van der Waals surface area contributed by atoms with Gasteiger partial charge in [0.05, 0.1) is 23.2 Å². The first-order valence-electron chi connectivity index (χ1n) is 5.99. The fourth-order valence-corrected chi connectivity index (χ4v) is 2.83. The highest BCUT2D eigenvalue weighted by Crippen LogP contribution is 2.28. The lowest BCUT2D eigenvalue weighted by Crippen LogP contribution is -2.29. The van der Waals surface area contributed by atoms with E-state index in [1.54, 1.807) is 0 Å². The first-order chi connectivity index (χ1) is 8.18. The molecule has 2 heterocycles. The maximum atomic E-state index is 5.84. The van der Waals surface area contributed by atoms with Gasteiger partial charge < -0.3 is 14.3 Å². The number of aromatic nitrogens is 2. The Balaban J connectivity index is 2.05. The van der Waals surface area contributed by atoms with Crippen LogP contribution in [0.1, 0.15) is 19.8 Å². The number of nitrogens with one attached hydrogen (secondary N) is 1. The zero-order valence-corrected chi connectivity index (χ0v) is 10.7. The molecule has 1 fully saturated rings. The van der Waals surface area contributed by atoms with E-state index in [9.17, 15) is 0 Å². The highest BCUT2D eigenvalue weighted by atomic mass is 32.1. The third kappa shape index (κ3) is 1.91. The van der Waals surface area contributed by atoms with E-state index in [0.29, 0.717) is 0 Å². The second-order valence-corrected chi connectivity index (χ2v) is 5.32. The van der Waals surface area contributed by atoms with Crippen LogP contribution in [-0.4, -0.2) is 21.8 Å². The molecule has 0 saturated carbocycles. The van der Waals surface area contributed by atoms with Crippen LogP contribution in [0.4, 0.5) is 0 Å². The summed E-state index contributed by atoms with van der Waals surface area (Å²) in [7, 11) is 0. The van der Waals surface area contributed by atoms with Crippen molar-refractivity contribution in [3.05, 3.63) is 29.0 Å². The first-order valence-corrected chi connectivity index (χ1v) is 6.40. The Bertz CT molecular complexity index is 593. The lowest BCUT2D eigenvalue weighted by molar-refractivity contribution is 0.00679. The van der Waals surface area contributed by atoms with Gasteiger partial charge in [-0.05, 0) is 44.1 Å². The van der Waals surface area contributed by atoms with Crippen LogP contribution in [0.25, 0.3) is 11.0 Å². The van der Waals surface area contributed by atoms with Crippen LogP contribution in [0.2, 0.25) is 0 Å². The molecule has 1 N–H and O–H groups in total. The van der Waals surface area contributed by atoms with E-state index in [0.717, 1.165) is 41.8 Å². The van der Waals surface area contributed by atoms with Crippen LogP contribution in [0.5, 0.6) is 0 Å². The summed E-state index contributed by atoms with van der Waals surface area (Å²) in [6, 6.07) is 8.21. The lowest BCUT2D eigenvalue weighted by Gasteiger charge is -2.23. The van der Waals surface area contributed by atoms with Gasteiger partial charge in [-0.15, -0.1) is 0 Å². The molecule has 1 unspecified atom stereocenters. The van der Waals surface area contributed by atoms with E-state index in [1.165, 1.54) is 0 Å². The Morgan fingerprint density at radius 3 is 3.06 bits per heavy atom. The molecular weight excluding hydrogens is 232 g/mol. The lowest BCUT2D eigenvalue weighted by atomic mass is 10.0. The Kier molecular flexibility index (Phi) is 2.56. The summed E-state index contributed by atoms with van der Waals surface area (Å²) < 4.78 is 8.77. The molecule has 17 heavy (non-hydrogen) atoms. The SMILES string of the molecule is CC1(Cn2c(=S)[nH]c3ccccc32)CCCO1. The van der Waals surface area contributed by atoms with Gasteiger partial charge in [0, 0.05) is 6.61 Å². The maximum absolute atomic E-state index is 5.84. The zero-order valence-electron chi connectivity index (χ0n) is 9.90. The van der Waals surface area contributed by atoms with Crippen LogP contribution in [0, 0.1) is 4.77 Å². The van der Waals surface area contributed by atoms with Crippen molar-refractivity contribution < 1.29 is 4.74 Å². The van der Waals surface area contributed by atoms with E-state index >= 15 is 0 Å². The Morgan fingerprint density at radius 2 is 2.29 bits per heavy atom. The normalized spacial score (nSPS) is 24.5. The van der Waals surface area contributed by atoms with Crippen molar-refractivity contribution in [3.63, 3.8) is 0 Å². The zero-order chi connectivity index (χ0) is 11.9. The number of hydrogen-bond acceptors (Lipinski definition) is 2. The molecule has 0 amide bonds. The average Bonchev–Trinajstić information content (AvgIpc) is 2.86. The van der Waals surface area contributed by atoms with Gasteiger partial charge >= 0.3 is 0 Å². The third-order valence-electron chi connectivity index (χ3n) is 3.47. The van der Waals surface area contributed by atoms with Gasteiger partial charge in [-0.25, -0.2) is 0 Å². The number of imidazole rings is 1. The highest BCUT2D eigenvalue weighted by Gasteiger charge is 2.30. The standard InChI is InChI=1S/C13H16N2OS/c1-13(7-4-8-16-13)9-15-11-6-3-2-5-10(11)14-12(15)17/h2-3,5-6H,4,7-9H2,1H3,(H,14,17). The predicted molar refractivity (Wildman–Crippen MR) is 70.7 cm³/mol. The minimum Gasteiger partial charge on any atom is -0.373 e. The second-order valence-electron chi connectivity index (χ2n) is 4.94. The van der Waals surface area contributed by atoms with Gasteiger partial charge in [-0.3, -0.25) is 0 Å². The van der Waals surface area contributed by atoms with Gasteiger partial charge in [0.25, 0.3) is 0 Å². The Labute approximate surface area is 105 Å². The number of nitrogens with zero attached hydrogens (tertiary/aromatic N) is 1. The smallest absolute Gasteiger partial charge is 0.178 e. The molecule has 4 heteroatoms. The molecule has 3 rings (SSSR count). The molecule has 0 spiro atoms. The van der Waals surface area contributed by atoms with Crippen molar-refractivity contribution in [1.82, 2.24) is 9.55 Å². The predicted octanol–water partition coefficient (Wildman–Crippen LogP) is 3.27. The van der Waals surface area contributed by atoms with Crippen LogP contribution < -0.4 is 0 Å². The number of para-hydroxylation sites is 2. The summed E-state index contributed by atoms with van der Waals surface area (Å²) in [5.74, 6) is 0. The molecule has 1 saturated heterocycles. The van der Waals surface area contributed by atoms with Gasteiger partial charge in [0.15, 0.2) is 4.77 Å². The van der Waals surface area contributed by atoms with E-state index in [-0.39, 0.29) is 5.60 Å². The van der Waals surface area contributed by atoms with Gasteiger partial charge in [-0.2, -0.15) is 0 Å². The number of hydrogen-bond donors (Lipinski definition) is 1. The fourth-order valence-electron chi connectivity index (χ4n) is 2.56. The van der Waals surface area contributed by atoms with Crippen molar-refractivity contribution in [2.24, 2.45) is 0 Å². The topological polar surface area (TPSA) is 29.9 Å². The number of rotatable bonds is 2. The molecule has 0 radical (unpaired) electrons. The average molecular weight is 248 g/mol. The molecule has 1 aliphatic rings. The molecule has 3 nitrogen and oxygen atoms in total. The number of H-pyrrole nitrogens is 1. The van der Waals surface area contributed by atoms with Crippen molar-refractivity contribution in [2.45, 2.75) is 31.9 Å². The van der Waals surface area contributed by atoms with Crippen molar-refractivity contribution in [2.75, 3.05) is 6.61 Å². The number of benzene rings is 1. The first kappa shape index (κ1) is 11.0. The molecule has 90 valence electrons. The van der Waals surface area contributed by atoms with Crippen molar-refractivity contribution in [3.8, 4) is 0 Å². The number of fused-ring (bicyclic) bond motifs is 1. The molecule has 1 aromatic heterocycles. The molecule has 0 aliphatic carbocycles. The summed E-state index contributed by atoms with van der Waals surface area (Å²) >= 11 is 5.39. The molecule has 1 aliphatic heterocycles. The maximum Gasteiger partial charge on any atom is 0.178 e. The fraction of sp³-hybridized carbons (Fsp3) is 0.462. The molecular formula is C13H16N2OS. The Morgan fingerprint density at radius 1 is 1.47 bits per heavy atom. The molecule has 0 bridgehead atoms. The van der Waals surface area contributed by atoms with Crippen LogP contribution >= 0.6 is 12.2 Å². The summed E-state index contributed by atoms with van der Waals surface area (Å²) in [5, 5.41) is 0. The van der Waals surface area contributed by atoms with Gasteiger partial charge in [-0.1, -0.05) is 12.1 Å². The van der Waals surface area contributed by atoms with Crippen molar-refractivity contribution >= 4 is 23.3 Å². The van der Waals surface area contributed by atoms with E-state index < -0.39 is 0 Å². The van der Waals surface area contributed by atoms with Crippen LogP contribution in [-0.2, 0) is 11.3 Å². The third-order valence-corrected chi connectivity index (χ3v) is 3.80. The summed E-state index contributed by atoms with van der Waals surface area (Å²) in [5.41, 5.74) is 2.19. The summed E-state index contributed by atoms with van der Waals surface area (Å²) in [6.07, 6.45) is 2.25. The molecule has 1 aromatic carbocycles. The van der Waals surface area contributed by atoms with E-state index in [4.69, 9.17) is 17.0 Å². The quantitative estimate of drug-likeness (QED) is 0.827. The largest absolute Gasteiger partial charge is 0.373 e. The van der Waals surface area contributed by atoms with Gasteiger partial charge in [0.2, 0.25) is 0 Å². The summed E-state index contributed by atoms with van der Waals surface area (Å²) in [6.45, 7) is 3.87. The highest BCUT2D eigenvalue weighted by molar-refractivity contribution is 7.71. The van der Waals surface area contributed by atoms with Gasteiger partial charge in [0.1, 0.15) is 0 Å². The minimum atomic E-state index is -0.0663. The molecule has 1 atom stereocenters.